The summed E-state index contributed by atoms with van der Waals surface area (Å²) < 4.78 is 75.0. The smallest absolute Gasteiger partial charge is 0.403 e. The highest BCUT2D eigenvalue weighted by Crippen LogP contribution is 2.32. The minimum Gasteiger partial charge on any atom is -0.403 e. The highest BCUT2D eigenvalue weighted by molar-refractivity contribution is 5.84. The van der Waals surface area contributed by atoms with Gasteiger partial charge < -0.3 is 9.47 Å². The molecular formula is C29H31F5O2. The van der Waals surface area contributed by atoms with Crippen LogP contribution >= 0.6 is 0 Å². The van der Waals surface area contributed by atoms with Crippen LogP contribution in [0.2, 0.25) is 0 Å². The quantitative estimate of drug-likeness (QED) is 0.273. The molecule has 0 unspecified atom stereocenters. The molecule has 0 saturated heterocycles. The van der Waals surface area contributed by atoms with Crippen molar-refractivity contribution in [2.75, 3.05) is 13.7 Å². The summed E-state index contributed by atoms with van der Waals surface area (Å²) in [7, 11) is 1.76. The fourth-order valence-corrected chi connectivity index (χ4v) is 5.21. The molecule has 3 aromatic carbocycles. The Balaban J connectivity index is 1.35. The summed E-state index contributed by atoms with van der Waals surface area (Å²) in [6.45, 7) is 0.852. The maximum Gasteiger partial charge on any atom is 0.573 e. The fourth-order valence-electron chi connectivity index (χ4n) is 5.21. The molecule has 0 heterocycles. The van der Waals surface area contributed by atoms with Crippen LogP contribution in [0.25, 0.3) is 10.8 Å². The second-order valence-corrected chi connectivity index (χ2v) is 9.79. The molecule has 36 heavy (non-hydrogen) atoms. The minimum absolute atomic E-state index is 0.288. The van der Waals surface area contributed by atoms with Crippen LogP contribution in [0.3, 0.4) is 0 Å². The van der Waals surface area contributed by atoms with Crippen LogP contribution in [0.15, 0.2) is 48.5 Å². The van der Waals surface area contributed by atoms with Gasteiger partial charge in [0.2, 0.25) is 0 Å². The van der Waals surface area contributed by atoms with Crippen LogP contribution in [0.5, 0.6) is 5.75 Å². The van der Waals surface area contributed by atoms with Gasteiger partial charge in [-0.25, -0.2) is 8.78 Å². The van der Waals surface area contributed by atoms with E-state index in [1.165, 1.54) is 37.3 Å². The van der Waals surface area contributed by atoms with Gasteiger partial charge in [0, 0.05) is 19.1 Å². The molecule has 0 N–H and O–H groups in total. The predicted octanol–water partition coefficient (Wildman–Crippen LogP) is 8.19. The van der Waals surface area contributed by atoms with Gasteiger partial charge in [-0.1, -0.05) is 49.2 Å². The third-order valence-electron chi connectivity index (χ3n) is 7.21. The molecule has 7 heteroatoms. The van der Waals surface area contributed by atoms with E-state index in [4.69, 9.17) is 4.74 Å². The average molecular weight is 507 g/mol. The first-order valence-corrected chi connectivity index (χ1v) is 12.4. The third kappa shape index (κ3) is 6.96. The van der Waals surface area contributed by atoms with Crippen LogP contribution in [0.1, 0.15) is 48.8 Å². The van der Waals surface area contributed by atoms with Crippen molar-refractivity contribution in [1.29, 1.82) is 0 Å². The lowest BCUT2D eigenvalue weighted by molar-refractivity contribution is -0.275. The molecule has 0 spiro atoms. The Labute approximate surface area is 208 Å². The van der Waals surface area contributed by atoms with Crippen LogP contribution in [0, 0.1) is 23.5 Å². The minimum atomic E-state index is -4.96. The molecule has 0 radical (unpaired) electrons. The fraction of sp³-hybridized carbons (Fsp3) is 0.448. The number of hydrogen-bond donors (Lipinski definition) is 0. The molecule has 0 amide bonds. The normalized spacial score (nSPS) is 18.5. The first kappa shape index (κ1) is 26.4. The second-order valence-electron chi connectivity index (χ2n) is 9.79. The molecule has 4 rings (SSSR count). The van der Waals surface area contributed by atoms with Crippen molar-refractivity contribution < 1.29 is 31.4 Å². The van der Waals surface area contributed by atoms with E-state index in [0.29, 0.717) is 28.9 Å². The van der Waals surface area contributed by atoms with Crippen molar-refractivity contribution in [3.63, 3.8) is 0 Å². The largest absolute Gasteiger partial charge is 0.573 e. The van der Waals surface area contributed by atoms with Crippen LogP contribution in [-0.4, -0.2) is 20.1 Å². The SMILES string of the molecule is COCC1CCC(CCc2ccc3c(F)c(CCc4ccc(OC(F)(F)F)c(F)c4)ccc3c2)CC1. The summed E-state index contributed by atoms with van der Waals surface area (Å²) in [6, 6.07) is 12.8. The molecule has 0 bridgehead atoms. The maximum absolute atomic E-state index is 15.2. The second kappa shape index (κ2) is 11.6. The molecule has 0 atom stereocenters. The van der Waals surface area contributed by atoms with Crippen molar-refractivity contribution in [3.05, 3.63) is 76.9 Å². The topological polar surface area (TPSA) is 18.5 Å². The predicted molar refractivity (Wildman–Crippen MR) is 130 cm³/mol. The van der Waals surface area contributed by atoms with E-state index >= 15 is 4.39 Å². The number of halogens is 5. The van der Waals surface area contributed by atoms with Crippen molar-refractivity contribution >= 4 is 10.8 Å². The molecule has 0 aromatic heterocycles. The van der Waals surface area contributed by atoms with E-state index in [2.05, 4.69) is 4.74 Å². The number of aryl methyl sites for hydroxylation is 3. The van der Waals surface area contributed by atoms with Gasteiger partial charge >= 0.3 is 6.36 Å². The third-order valence-corrected chi connectivity index (χ3v) is 7.21. The van der Waals surface area contributed by atoms with Gasteiger partial charge in [-0.05, 0) is 84.6 Å². The first-order valence-electron chi connectivity index (χ1n) is 12.4. The van der Waals surface area contributed by atoms with Crippen molar-refractivity contribution in [2.45, 2.75) is 57.7 Å². The lowest BCUT2D eigenvalue weighted by atomic mass is 9.80. The molecule has 2 nitrogen and oxygen atoms in total. The summed E-state index contributed by atoms with van der Waals surface area (Å²) >= 11 is 0. The summed E-state index contributed by atoms with van der Waals surface area (Å²) in [6.07, 6.45) is 2.66. The molecule has 1 saturated carbocycles. The Morgan fingerprint density at radius 3 is 2.19 bits per heavy atom. The Hall–Kier alpha value is -2.67. The zero-order valence-corrected chi connectivity index (χ0v) is 20.3. The number of fused-ring (bicyclic) bond motifs is 1. The van der Waals surface area contributed by atoms with E-state index in [-0.39, 0.29) is 12.2 Å². The van der Waals surface area contributed by atoms with Crippen molar-refractivity contribution in [3.8, 4) is 5.75 Å². The highest BCUT2D eigenvalue weighted by Gasteiger charge is 2.32. The number of benzene rings is 3. The van der Waals surface area contributed by atoms with E-state index < -0.39 is 17.9 Å². The summed E-state index contributed by atoms with van der Waals surface area (Å²) in [5.74, 6) is -0.872. The van der Waals surface area contributed by atoms with Gasteiger partial charge in [0.05, 0.1) is 0 Å². The van der Waals surface area contributed by atoms with Gasteiger partial charge in [0.15, 0.2) is 11.6 Å². The van der Waals surface area contributed by atoms with E-state index in [1.54, 1.807) is 13.2 Å². The van der Waals surface area contributed by atoms with Gasteiger partial charge in [0.1, 0.15) is 5.82 Å². The standard InChI is InChI=1S/C29H31F5O2/c1-35-18-22-6-3-19(4-7-22)2-5-20-9-14-25-24(16-20)13-12-23(28(25)31)11-8-21-10-15-27(26(30)17-21)36-29(32,33)34/h9-10,12-17,19,22H,2-8,11,18H2,1H3. The summed E-state index contributed by atoms with van der Waals surface area (Å²) in [5.41, 5.74) is 2.15. The van der Waals surface area contributed by atoms with Gasteiger partial charge in [-0.2, -0.15) is 0 Å². The Morgan fingerprint density at radius 1 is 0.806 bits per heavy atom. The number of ether oxygens (including phenoxy) is 2. The molecule has 1 aliphatic rings. The number of alkyl halides is 3. The Bertz CT molecular complexity index is 1170. The molecule has 1 aliphatic carbocycles. The van der Waals surface area contributed by atoms with Gasteiger partial charge in [-0.15, -0.1) is 13.2 Å². The number of methoxy groups -OCH3 is 1. The Morgan fingerprint density at radius 2 is 1.50 bits per heavy atom. The highest BCUT2D eigenvalue weighted by atomic mass is 19.4. The molecule has 3 aromatic rings. The van der Waals surface area contributed by atoms with E-state index in [1.807, 2.05) is 24.3 Å². The van der Waals surface area contributed by atoms with E-state index in [9.17, 15) is 17.6 Å². The van der Waals surface area contributed by atoms with Gasteiger partial charge in [0.25, 0.3) is 0 Å². The Kier molecular flexibility index (Phi) is 8.50. The summed E-state index contributed by atoms with van der Waals surface area (Å²) in [4.78, 5) is 0. The summed E-state index contributed by atoms with van der Waals surface area (Å²) in [5, 5.41) is 1.38. The molecule has 1 fully saturated rings. The van der Waals surface area contributed by atoms with Crippen LogP contribution in [0.4, 0.5) is 22.0 Å². The zero-order chi connectivity index (χ0) is 25.7. The monoisotopic (exact) mass is 506 g/mol. The molecular weight excluding hydrogens is 475 g/mol. The molecule has 0 aliphatic heterocycles. The molecule has 194 valence electrons. The average Bonchev–Trinajstić information content (AvgIpc) is 2.84. The lowest BCUT2D eigenvalue weighted by Crippen LogP contribution is -2.18. The van der Waals surface area contributed by atoms with Crippen LogP contribution < -0.4 is 4.74 Å². The zero-order valence-electron chi connectivity index (χ0n) is 20.3. The van der Waals surface area contributed by atoms with Crippen molar-refractivity contribution in [2.24, 2.45) is 11.8 Å². The first-order chi connectivity index (χ1) is 17.2. The maximum atomic E-state index is 15.2. The lowest BCUT2D eigenvalue weighted by Gasteiger charge is -2.28. The number of rotatable bonds is 9. The van der Waals surface area contributed by atoms with Gasteiger partial charge in [-0.3, -0.25) is 0 Å². The number of hydrogen-bond acceptors (Lipinski definition) is 2. The van der Waals surface area contributed by atoms with Crippen molar-refractivity contribution in [1.82, 2.24) is 0 Å². The van der Waals surface area contributed by atoms with Crippen LogP contribution in [-0.2, 0) is 24.0 Å². The van der Waals surface area contributed by atoms with E-state index in [0.717, 1.165) is 42.9 Å².